The average molecular weight is 206 g/mol. The van der Waals surface area contributed by atoms with Gasteiger partial charge in [-0.2, -0.15) is 0 Å². The predicted octanol–water partition coefficient (Wildman–Crippen LogP) is 1.10. The first-order valence-electron chi connectivity index (χ1n) is 4.89. The van der Waals surface area contributed by atoms with Gasteiger partial charge in [-0.05, 0) is 18.1 Å². The van der Waals surface area contributed by atoms with Crippen LogP contribution < -0.4 is 11.1 Å². The number of amides is 1. The number of alkyl carbamates (subject to hydrolysis) is 1. The van der Waals surface area contributed by atoms with Crippen LogP contribution in [-0.2, 0) is 16.8 Å². The van der Waals surface area contributed by atoms with Crippen LogP contribution in [0.3, 0.4) is 0 Å². The minimum atomic E-state index is -0.451. The molecule has 0 saturated carbocycles. The number of hydrogen-bond acceptors (Lipinski definition) is 3. The van der Waals surface area contributed by atoms with E-state index in [1.807, 2.05) is 31.2 Å². The Morgan fingerprint density at radius 2 is 2.27 bits per heavy atom. The molecule has 4 heteroatoms. The molecule has 0 aromatic heterocycles. The third kappa shape index (κ3) is 1.68. The quantitative estimate of drug-likeness (QED) is 0.761. The number of rotatable bonds is 2. The van der Waals surface area contributed by atoms with Crippen LogP contribution in [-0.4, -0.2) is 12.7 Å². The molecule has 1 fully saturated rings. The molecule has 0 spiro atoms. The molecule has 0 bridgehead atoms. The maximum absolute atomic E-state index is 11.1. The first-order valence-corrected chi connectivity index (χ1v) is 4.89. The van der Waals surface area contributed by atoms with E-state index < -0.39 is 5.54 Å². The number of hydrogen-bond donors (Lipinski definition) is 2. The Labute approximate surface area is 88.4 Å². The maximum Gasteiger partial charge on any atom is 0.408 e. The third-order valence-corrected chi connectivity index (χ3v) is 2.70. The van der Waals surface area contributed by atoms with Gasteiger partial charge in [0.2, 0.25) is 0 Å². The summed E-state index contributed by atoms with van der Waals surface area (Å²) < 4.78 is 4.93. The van der Waals surface area contributed by atoms with Crippen LogP contribution in [0.5, 0.6) is 0 Å². The lowest BCUT2D eigenvalue weighted by Crippen LogP contribution is -2.38. The topological polar surface area (TPSA) is 64.3 Å². The molecule has 1 aliphatic rings. The summed E-state index contributed by atoms with van der Waals surface area (Å²) in [6.45, 7) is 2.75. The summed E-state index contributed by atoms with van der Waals surface area (Å²) >= 11 is 0. The van der Waals surface area contributed by atoms with Crippen molar-refractivity contribution in [3.63, 3.8) is 0 Å². The number of cyclic esters (lactones) is 1. The summed E-state index contributed by atoms with van der Waals surface area (Å²) in [5.41, 5.74) is 7.27. The van der Waals surface area contributed by atoms with Crippen molar-refractivity contribution in [1.29, 1.82) is 0 Å². The van der Waals surface area contributed by atoms with Gasteiger partial charge < -0.3 is 15.8 Å². The van der Waals surface area contributed by atoms with E-state index in [2.05, 4.69) is 5.32 Å². The van der Waals surface area contributed by atoms with Gasteiger partial charge in [0.05, 0.1) is 0 Å². The van der Waals surface area contributed by atoms with E-state index in [0.29, 0.717) is 13.2 Å². The molecule has 3 N–H and O–H groups in total. The first kappa shape index (κ1) is 9.98. The van der Waals surface area contributed by atoms with E-state index >= 15 is 0 Å². The molecule has 2 rings (SSSR count). The molecule has 1 saturated heterocycles. The van der Waals surface area contributed by atoms with Crippen LogP contribution in [0.4, 0.5) is 4.79 Å². The minimum Gasteiger partial charge on any atom is -0.447 e. The van der Waals surface area contributed by atoms with Crippen LogP contribution in [0.15, 0.2) is 24.3 Å². The lowest BCUT2D eigenvalue weighted by atomic mass is 9.89. The summed E-state index contributed by atoms with van der Waals surface area (Å²) in [4.78, 5) is 11.1. The Morgan fingerprint density at radius 1 is 1.53 bits per heavy atom. The van der Waals surface area contributed by atoms with Gasteiger partial charge in [0.25, 0.3) is 0 Å². The Morgan fingerprint density at radius 3 is 2.87 bits per heavy atom. The zero-order chi connectivity index (χ0) is 10.9. The zero-order valence-electron chi connectivity index (χ0n) is 8.62. The number of nitrogens with two attached hydrogens (primary N) is 1. The monoisotopic (exact) mass is 206 g/mol. The van der Waals surface area contributed by atoms with E-state index in [1.165, 1.54) is 0 Å². The summed E-state index contributed by atoms with van der Waals surface area (Å²) in [5, 5.41) is 2.80. The SMILES string of the molecule is CC1(c2ccccc2CN)COC(=O)N1. The Bertz CT molecular complexity index is 392. The zero-order valence-corrected chi connectivity index (χ0v) is 8.62. The normalized spacial score (nSPS) is 24.8. The van der Waals surface area contributed by atoms with Gasteiger partial charge in [-0.1, -0.05) is 24.3 Å². The molecule has 1 aromatic carbocycles. The molecular weight excluding hydrogens is 192 g/mol. The van der Waals surface area contributed by atoms with Crippen LogP contribution in [0.2, 0.25) is 0 Å². The summed E-state index contributed by atoms with van der Waals surface area (Å²) in [7, 11) is 0. The van der Waals surface area contributed by atoms with E-state index in [9.17, 15) is 4.79 Å². The fourth-order valence-corrected chi connectivity index (χ4v) is 1.89. The van der Waals surface area contributed by atoms with Gasteiger partial charge in [0, 0.05) is 6.54 Å². The lowest BCUT2D eigenvalue weighted by molar-refractivity contribution is 0.173. The van der Waals surface area contributed by atoms with E-state index in [4.69, 9.17) is 10.5 Å². The molecule has 1 amide bonds. The maximum atomic E-state index is 11.1. The average Bonchev–Trinajstić information content (AvgIpc) is 2.60. The van der Waals surface area contributed by atoms with Crippen LogP contribution >= 0.6 is 0 Å². The predicted molar refractivity (Wildman–Crippen MR) is 56.2 cm³/mol. The summed E-state index contributed by atoms with van der Waals surface area (Å²) in [6.07, 6.45) is -0.371. The van der Waals surface area contributed by atoms with Crippen LogP contribution in [0.25, 0.3) is 0 Å². The first-order chi connectivity index (χ1) is 7.15. The molecule has 1 aromatic rings. The highest BCUT2D eigenvalue weighted by Crippen LogP contribution is 2.28. The van der Waals surface area contributed by atoms with Crippen molar-refractivity contribution in [3.8, 4) is 0 Å². The number of carbonyl (C=O) groups is 1. The highest BCUT2D eigenvalue weighted by atomic mass is 16.6. The second-order valence-electron chi connectivity index (χ2n) is 3.89. The molecule has 4 nitrogen and oxygen atoms in total. The number of benzene rings is 1. The second-order valence-corrected chi connectivity index (χ2v) is 3.89. The highest BCUT2D eigenvalue weighted by molar-refractivity contribution is 5.71. The molecule has 0 aliphatic carbocycles. The smallest absolute Gasteiger partial charge is 0.408 e. The molecule has 15 heavy (non-hydrogen) atoms. The van der Waals surface area contributed by atoms with Crippen molar-refractivity contribution < 1.29 is 9.53 Å². The lowest BCUT2D eigenvalue weighted by Gasteiger charge is -2.24. The van der Waals surface area contributed by atoms with E-state index in [1.54, 1.807) is 0 Å². The fraction of sp³-hybridized carbons (Fsp3) is 0.364. The number of ether oxygens (including phenoxy) is 1. The molecule has 0 radical (unpaired) electrons. The van der Waals surface area contributed by atoms with Crippen molar-refractivity contribution >= 4 is 6.09 Å². The highest BCUT2D eigenvalue weighted by Gasteiger charge is 2.37. The van der Waals surface area contributed by atoms with Gasteiger partial charge in [0.1, 0.15) is 12.1 Å². The molecule has 80 valence electrons. The Balaban J connectivity index is 2.40. The summed E-state index contributed by atoms with van der Waals surface area (Å²) in [5.74, 6) is 0. The van der Waals surface area contributed by atoms with E-state index in [0.717, 1.165) is 11.1 Å². The molecule has 1 heterocycles. The van der Waals surface area contributed by atoms with Gasteiger partial charge >= 0.3 is 6.09 Å². The van der Waals surface area contributed by atoms with Gasteiger partial charge in [-0.3, -0.25) is 0 Å². The van der Waals surface area contributed by atoms with Crippen molar-refractivity contribution in [3.05, 3.63) is 35.4 Å². The Hall–Kier alpha value is -1.55. The van der Waals surface area contributed by atoms with Crippen LogP contribution in [0, 0.1) is 0 Å². The largest absolute Gasteiger partial charge is 0.447 e. The van der Waals surface area contributed by atoms with Gasteiger partial charge in [0.15, 0.2) is 0 Å². The van der Waals surface area contributed by atoms with Crippen LogP contribution in [0.1, 0.15) is 18.1 Å². The standard InChI is InChI=1S/C11H14N2O2/c1-11(7-15-10(14)13-11)9-5-3-2-4-8(9)6-12/h2-5H,6-7,12H2,1H3,(H,13,14). The number of nitrogens with one attached hydrogen (secondary N) is 1. The molecular formula is C11H14N2O2. The van der Waals surface area contributed by atoms with Crippen molar-refractivity contribution in [2.24, 2.45) is 5.73 Å². The van der Waals surface area contributed by atoms with Crippen molar-refractivity contribution in [1.82, 2.24) is 5.32 Å². The fourth-order valence-electron chi connectivity index (χ4n) is 1.89. The van der Waals surface area contributed by atoms with Gasteiger partial charge in [-0.15, -0.1) is 0 Å². The minimum absolute atomic E-state index is 0.350. The van der Waals surface area contributed by atoms with Gasteiger partial charge in [-0.25, -0.2) is 4.79 Å². The van der Waals surface area contributed by atoms with Crippen molar-refractivity contribution in [2.45, 2.75) is 19.0 Å². The number of carbonyl (C=O) groups excluding carboxylic acids is 1. The van der Waals surface area contributed by atoms with Crippen molar-refractivity contribution in [2.75, 3.05) is 6.61 Å². The third-order valence-electron chi connectivity index (χ3n) is 2.70. The second kappa shape index (κ2) is 3.55. The molecule has 1 unspecified atom stereocenters. The summed E-state index contributed by atoms with van der Waals surface area (Å²) in [6, 6.07) is 7.80. The Kier molecular flexibility index (Phi) is 2.36. The van der Waals surface area contributed by atoms with E-state index in [-0.39, 0.29) is 6.09 Å². The molecule has 1 aliphatic heterocycles. The molecule has 1 atom stereocenters.